The van der Waals surface area contributed by atoms with Gasteiger partial charge in [-0.15, -0.1) is 11.3 Å². The number of hydrogen-bond donors (Lipinski definition) is 1. The largest absolute Gasteiger partial charge is 0.276 e. The summed E-state index contributed by atoms with van der Waals surface area (Å²) in [7, 11) is 0. The third-order valence-electron chi connectivity index (χ3n) is 2.19. The highest BCUT2D eigenvalue weighted by molar-refractivity contribution is 7.09. The summed E-state index contributed by atoms with van der Waals surface area (Å²) in [6.45, 7) is 0. The van der Waals surface area contributed by atoms with Crippen LogP contribution in [0.15, 0.2) is 29.9 Å². The molecule has 5 heteroatoms. The molecular formula is C10H8N4S. The lowest BCUT2D eigenvalue weighted by Gasteiger charge is -1.91. The first-order valence-electron chi connectivity index (χ1n) is 4.60. The van der Waals surface area contributed by atoms with Crippen LogP contribution in [0.2, 0.25) is 0 Å². The lowest BCUT2D eigenvalue weighted by Crippen LogP contribution is -1.88. The van der Waals surface area contributed by atoms with Crippen molar-refractivity contribution < 1.29 is 0 Å². The van der Waals surface area contributed by atoms with Crippen molar-refractivity contribution in [3.63, 3.8) is 0 Å². The van der Waals surface area contributed by atoms with Gasteiger partial charge in [-0.25, -0.2) is 4.98 Å². The van der Waals surface area contributed by atoms with E-state index in [1.807, 2.05) is 23.7 Å². The number of aromatic nitrogens is 4. The van der Waals surface area contributed by atoms with Crippen molar-refractivity contribution >= 4 is 22.4 Å². The highest BCUT2D eigenvalue weighted by atomic mass is 32.1. The number of nitrogens with one attached hydrogen (secondary N) is 1. The van der Waals surface area contributed by atoms with Gasteiger partial charge in [-0.3, -0.25) is 10.1 Å². The number of thiazole rings is 1. The average Bonchev–Trinajstić information content (AvgIpc) is 2.89. The molecule has 74 valence electrons. The van der Waals surface area contributed by atoms with Crippen molar-refractivity contribution in [3.05, 3.63) is 40.6 Å². The maximum atomic E-state index is 4.30. The van der Waals surface area contributed by atoms with E-state index in [-0.39, 0.29) is 0 Å². The molecule has 0 saturated heterocycles. The molecule has 0 saturated carbocycles. The van der Waals surface area contributed by atoms with Crippen LogP contribution in [-0.4, -0.2) is 20.2 Å². The van der Waals surface area contributed by atoms with E-state index in [4.69, 9.17) is 0 Å². The molecular weight excluding hydrogens is 208 g/mol. The Morgan fingerprint density at radius 1 is 1.27 bits per heavy atom. The molecule has 3 heterocycles. The van der Waals surface area contributed by atoms with Gasteiger partial charge in [0.05, 0.1) is 16.2 Å². The van der Waals surface area contributed by atoms with Gasteiger partial charge in [0.2, 0.25) is 0 Å². The zero-order valence-electron chi connectivity index (χ0n) is 7.84. The van der Waals surface area contributed by atoms with E-state index in [2.05, 4.69) is 20.2 Å². The van der Waals surface area contributed by atoms with Gasteiger partial charge in [0.15, 0.2) is 0 Å². The Morgan fingerprint density at radius 3 is 3.13 bits per heavy atom. The highest BCUT2D eigenvalue weighted by Crippen LogP contribution is 2.16. The van der Waals surface area contributed by atoms with E-state index < -0.39 is 0 Å². The van der Waals surface area contributed by atoms with Crippen molar-refractivity contribution in [2.24, 2.45) is 0 Å². The normalized spacial score (nSPS) is 10.9. The molecule has 0 spiro atoms. The van der Waals surface area contributed by atoms with E-state index in [0.29, 0.717) is 0 Å². The molecule has 4 nitrogen and oxygen atoms in total. The Morgan fingerprint density at radius 2 is 2.27 bits per heavy atom. The summed E-state index contributed by atoms with van der Waals surface area (Å²) in [5.41, 5.74) is 2.87. The van der Waals surface area contributed by atoms with Gasteiger partial charge in [0.25, 0.3) is 0 Å². The van der Waals surface area contributed by atoms with Crippen LogP contribution in [0, 0.1) is 0 Å². The fourth-order valence-electron chi connectivity index (χ4n) is 1.51. The van der Waals surface area contributed by atoms with Crippen LogP contribution < -0.4 is 0 Å². The lowest BCUT2D eigenvalue weighted by molar-refractivity contribution is 0.998. The second-order valence-corrected chi connectivity index (χ2v) is 4.15. The predicted molar refractivity (Wildman–Crippen MR) is 58.8 cm³/mol. The van der Waals surface area contributed by atoms with Crippen molar-refractivity contribution in [1.29, 1.82) is 0 Å². The summed E-state index contributed by atoms with van der Waals surface area (Å²) in [6, 6.07) is 3.87. The van der Waals surface area contributed by atoms with Crippen LogP contribution in [0.3, 0.4) is 0 Å². The maximum absolute atomic E-state index is 4.30. The lowest BCUT2D eigenvalue weighted by atomic mass is 10.2. The molecule has 0 atom stereocenters. The summed E-state index contributed by atoms with van der Waals surface area (Å²) in [5, 5.41) is 10.2. The molecule has 15 heavy (non-hydrogen) atoms. The van der Waals surface area contributed by atoms with Gasteiger partial charge in [-0.2, -0.15) is 5.10 Å². The third kappa shape index (κ3) is 1.50. The molecule has 1 N–H and O–H groups in total. The Kier molecular flexibility index (Phi) is 1.96. The third-order valence-corrected chi connectivity index (χ3v) is 2.97. The molecule has 3 aromatic heterocycles. The van der Waals surface area contributed by atoms with E-state index in [9.17, 15) is 0 Å². The predicted octanol–water partition coefficient (Wildman–Crippen LogP) is 2.01. The number of nitrogens with zero attached hydrogens (tertiary/aromatic N) is 3. The second-order valence-electron chi connectivity index (χ2n) is 3.17. The van der Waals surface area contributed by atoms with Crippen molar-refractivity contribution in [2.45, 2.75) is 6.42 Å². The molecule has 3 aromatic rings. The first kappa shape index (κ1) is 8.55. The van der Waals surface area contributed by atoms with E-state index in [0.717, 1.165) is 28.2 Å². The SMILES string of the molecule is c1cnc2c(Cc3nccs3)n[nH]c2c1. The maximum Gasteiger partial charge on any atom is 0.112 e. The molecule has 3 rings (SSSR count). The van der Waals surface area contributed by atoms with Gasteiger partial charge < -0.3 is 0 Å². The summed E-state index contributed by atoms with van der Waals surface area (Å²) in [4.78, 5) is 8.54. The van der Waals surface area contributed by atoms with Gasteiger partial charge in [-0.05, 0) is 12.1 Å². The zero-order valence-corrected chi connectivity index (χ0v) is 8.66. The van der Waals surface area contributed by atoms with Crippen LogP contribution in [0.25, 0.3) is 11.0 Å². The number of pyridine rings is 1. The van der Waals surface area contributed by atoms with Crippen LogP contribution in [-0.2, 0) is 6.42 Å². The Bertz CT molecular complexity index is 570. The van der Waals surface area contributed by atoms with Crippen molar-refractivity contribution in [3.8, 4) is 0 Å². The molecule has 0 aromatic carbocycles. The van der Waals surface area contributed by atoms with Crippen LogP contribution in [0.4, 0.5) is 0 Å². The highest BCUT2D eigenvalue weighted by Gasteiger charge is 2.07. The minimum Gasteiger partial charge on any atom is -0.276 e. The summed E-state index contributed by atoms with van der Waals surface area (Å²) >= 11 is 1.64. The number of fused-ring (bicyclic) bond motifs is 1. The molecule has 0 radical (unpaired) electrons. The number of H-pyrrole nitrogens is 1. The molecule has 0 amide bonds. The van der Waals surface area contributed by atoms with E-state index in [1.165, 1.54) is 0 Å². The standard InChI is InChI=1S/C10H8N4S/c1-2-7-10(12-3-1)8(14-13-7)6-9-11-4-5-15-9/h1-5H,6H2,(H,13,14). The fourth-order valence-corrected chi connectivity index (χ4v) is 2.13. The molecule has 0 bridgehead atoms. The average molecular weight is 216 g/mol. The summed E-state index contributed by atoms with van der Waals surface area (Å²) < 4.78 is 0. The number of rotatable bonds is 2. The van der Waals surface area contributed by atoms with Gasteiger partial charge in [0, 0.05) is 24.2 Å². The molecule has 0 fully saturated rings. The minimum atomic E-state index is 0.745. The Labute approximate surface area is 90.0 Å². The monoisotopic (exact) mass is 216 g/mol. The zero-order chi connectivity index (χ0) is 10.1. The Balaban J connectivity index is 2.05. The van der Waals surface area contributed by atoms with Crippen molar-refractivity contribution in [2.75, 3.05) is 0 Å². The molecule has 0 aliphatic heterocycles. The van der Waals surface area contributed by atoms with E-state index >= 15 is 0 Å². The minimum absolute atomic E-state index is 0.745. The number of hydrogen-bond acceptors (Lipinski definition) is 4. The quantitative estimate of drug-likeness (QED) is 0.712. The topological polar surface area (TPSA) is 54.5 Å². The molecule has 0 aliphatic rings. The van der Waals surface area contributed by atoms with Crippen molar-refractivity contribution in [1.82, 2.24) is 20.2 Å². The van der Waals surface area contributed by atoms with Crippen LogP contribution in [0.5, 0.6) is 0 Å². The van der Waals surface area contributed by atoms with Gasteiger partial charge >= 0.3 is 0 Å². The van der Waals surface area contributed by atoms with Crippen LogP contribution in [0.1, 0.15) is 10.7 Å². The van der Waals surface area contributed by atoms with E-state index in [1.54, 1.807) is 17.5 Å². The van der Waals surface area contributed by atoms with Crippen LogP contribution >= 0.6 is 11.3 Å². The Hall–Kier alpha value is -1.75. The smallest absolute Gasteiger partial charge is 0.112 e. The van der Waals surface area contributed by atoms with Gasteiger partial charge in [0.1, 0.15) is 5.52 Å². The van der Waals surface area contributed by atoms with Gasteiger partial charge in [-0.1, -0.05) is 0 Å². The number of aromatic amines is 1. The second kappa shape index (κ2) is 3.43. The fraction of sp³-hybridized carbons (Fsp3) is 0.100. The molecule has 0 aliphatic carbocycles. The summed E-state index contributed by atoms with van der Waals surface area (Å²) in [6.07, 6.45) is 4.33. The summed E-state index contributed by atoms with van der Waals surface area (Å²) in [5.74, 6) is 0. The molecule has 0 unspecified atom stereocenters. The first-order chi connectivity index (χ1) is 7.43. The first-order valence-corrected chi connectivity index (χ1v) is 5.48.